The number of carbonyl (C=O) groups is 1. The van der Waals surface area contributed by atoms with Gasteiger partial charge in [-0.2, -0.15) is 0 Å². The third kappa shape index (κ3) is 4.18. The number of fused-ring (bicyclic) bond motifs is 1. The zero-order chi connectivity index (χ0) is 21.4. The van der Waals surface area contributed by atoms with Crippen molar-refractivity contribution in [3.63, 3.8) is 0 Å². The number of nitrogens with zero attached hydrogens (tertiary/aromatic N) is 4. The fourth-order valence-corrected chi connectivity index (χ4v) is 4.44. The maximum Gasteiger partial charge on any atom is 0.239 e. The van der Waals surface area contributed by atoms with Gasteiger partial charge in [-0.05, 0) is 57.2 Å². The number of piperazine rings is 1. The summed E-state index contributed by atoms with van der Waals surface area (Å²) >= 11 is 6.50. The van der Waals surface area contributed by atoms with E-state index < -0.39 is 0 Å². The molecule has 2 fully saturated rings. The van der Waals surface area contributed by atoms with E-state index in [9.17, 15) is 4.79 Å². The molecule has 2 aliphatic rings. The number of carbonyl (C=O) groups excluding carboxylic acids is 1. The summed E-state index contributed by atoms with van der Waals surface area (Å²) < 4.78 is 0. The molecular formula is C22H26ClN7O. The number of aromatic amines is 1. The predicted octanol–water partition coefficient (Wildman–Crippen LogP) is 2.72. The minimum atomic E-state index is 0.0557. The Morgan fingerprint density at radius 3 is 2.68 bits per heavy atom. The summed E-state index contributed by atoms with van der Waals surface area (Å²) in [6, 6.07) is 8.47. The van der Waals surface area contributed by atoms with Crippen molar-refractivity contribution in [2.45, 2.75) is 18.9 Å². The van der Waals surface area contributed by atoms with Crippen LogP contribution in [0.25, 0.3) is 22.6 Å². The minimum Gasteiger partial charge on any atom is -0.379 e. The molecule has 3 N–H and O–H groups in total. The van der Waals surface area contributed by atoms with Crippen LogP contribution in [-0.4, -0.2) is 71.6 Å². The summed E-state index contributed by atoms with van der Waals surface area (Å²) in [5, 5.41) is 7.05. The monoisotopic (exact) mass is 439 g/mol. The number of hydrogen-bond acceptors (Lipinski definition) is 6. The number of anilines is 2. The maximum atomic E-state index is 11.7. The van der Waals surface area contributed by atoms with Crippen molar-refractivity contribution in [3.05, 3.63) is 35.5 Å². The molecule has 1 amide bonds. The van der Waals surface area contributed by atoms with E-state index in [1.54, 1.807) is 6.20 Å². The number of aromatic nitrogens is 3. The molecule has 8 nitrogen and oxygen atoms in total. The molecule has 31 heavy (non-hydrogen) atoms. The SMILES string of the molecule is CN1CCC(Nc2c(Cl)cnc3[nH]c(-c4ccc(N5CCNC(=O)C5)cc4)nc23)CC1. The lowest BCUT2D eigenvalue weighted by molar-refractivity contribution is -0.120. The Bertz CT molecular complexity index is 1090. The number of imidazole rings is 1. The van der Waals surface area contributed by atoms with E-state index in [2.05, 4.69) is 37.4 Å². The third-order valence-electron chi connectivity index (χ3n) is 6.08. The molecule has 0 bridgehead atoms. The van der Waals surface area contributed by atoms with Gasteiger partial charge in [0.15, 0.2) is 5.65 Å². The van der Waals surface area contributed by atoms with Crippen molar-refractivity contribution in [2.24, 2.45) is 0 Å². The van der Waals surface area contributed by atoms with Gasteiger partial charge in [0.25, 0.3) is 0 Å². The lowest BCUT2D eigenvalue weighted by atomic mass is 10.1. The average Bonchev–Trinajstić information content (AvgIpc) is 3.22. The van der Waals surface area contributed by atoms with Gasteiger partial charge in [0.1, 0.15) is 11.3 Å². The van der Waals surface area contributed by atoms with E-state index in [0.717, 1.165) is 60.8 Å². The maximum absolute atomic E-state index is 11.7. The second kappa shape index (κ2) is 8.36. The molecule has 2 aromatic heterocycles. The second-order valence-electron chi connectivity index (χ2n) is 8.30. The highest BCUT2D eigenvalue weighted by molar-refractivity contribution is 6.34. The number of benzene rings is 1. The molecule has 0 spiro atoms. The summed E-state index contributed by atoms with van der Waals surface area (Å²) in [6.45, 7) is 4.01. The fourth-order valence-electron chi connectivity index (χ4n) is 4.25. The van der Waals surface area contributed by atoms with Gasteiger partial charge in [-0.3, -0.25) is 4.79 Å². The molecule has 0 saturated carbocycles. The van der Waals surface area contributed by atoms with Crippen LogP contribution in [0.1, 0.15) is 12.8 Å². The molecule has 3 aromatic rings. The van der Waals surface area contributed by atoms with Crippen molar-refractivity contribution in [3.8, 4) is 11.4 Å². The van der Waals surface area contributed by atoms with E-state index in [1.165, 1.54) is 0 Å². The van der Waals surface area contributed by atoms with Gasteiger partial charge in [-0.15, -0.1) is 0 Å². The number of hydrogen-bond donors (Lipinski definition) is 3. The highest BCUT2D eigenvalue weighted by atomic mass is 35.5. The first-order valence-electron chi connectivity index (χ1n) is 10.7. The van der Waals surface area contributed by atoms with Crippen molar-refractivity contribution in [1.82, 2.24) is 25.2 Å². The summed E-state index contributed by atoms with van der Waals surface area (Å²) in [6.07, 6.45) is 3.82. The van der Waals surface area contributed by atoms with Gasteiger partial charge in [0.2, 0.25) is 5.91 Å². The van der Waals surface area contributed by atoms with Crippen molar-refractivity contribution >= 4 is 40.0 Å². The van der Waals surface area contributed by atoms with Gasteiger partial charge in [0, 0.05) is 30.4 Å². The zero-order valence-electron chi connectivity index (χ0n) is 17.5. The van der Waals surface area contributed by atoms with E-state index >= 15 is 0 Å². The van der Waals surface area contributed by atoms with Crippen molar-refractivity contribution < 1.29 is 4.79 Å². The van der Waals surface area contributed by atoms with Crippen LogP contribution in [0.5, 0.6) is 0 Å². The summed E-state index contributed by atoms with van der Waals surface area (Å²) in [7, 11) is 2.15. The van der Waals surface area contributed by atoms with Crippen LogP contribution in [0.3, 0.4) is 0 Å². The molecule has 162 valence electrons. The molecule has 9 heteroatoms. The molecule has 0 unspecified atom stereocenters. The first kappa shape index (κ1) is 20.1. The van der Waals surface area contributed by atoms with E-state index in [0.29, 0.717) is 29.8 Å². The Balaban J connectivity index is 1.40. The lowest BCUT2D eigenvalue weighted by Gasteiger charge is -2.30. The Labute approximate surface area is 186 Å². The number of likely N-dealkylation sites (tertiary alicyclic amines) is 1. The first-order valence-corrected chi connectivity index (χ1v) is 11.1. The van der Waals surface area contributed by atoms with Crippen LogP contribution in [-0.2, 0) is 4.79 Å². The zero-order valence-corrected chi connectivity index (χ0v) is 18.2. The number of halogens is 1. The number of nitrogens with one attached hydrogen (secondary N) is 3. The molecular weight excluding hydrogens is 414 g/mol. The smallest absolute Gasteiger partial charge is 0.239 e. The largest absolute Gasteiger partial charge is 0.379 e. The normalized spacial score (nSPS) is 18.4. The first-order chi connectivity index (χ1) is 15.1. The highest BCUT2D eigenvalue weighted by Crippen LogP contribution is 2.32. The van der Waals surface area contributed by atoms with Gasteiger partial charge in [0.05, 0.1) is 23.5 Å². The molecule has 0 radical (unpaired) electrons. The molecule has 2 saturated heterocycles. The van der Waals surface area contributed by atoms with Crippen molar-refractivity contribution in [1.29, 1.82) is 0 Å². The lowest BCUT2D eigenvalue weighted by Crippen LogP contribution is -2.47. The standard InChI is InChI=1S/C22H26ClN7O/c1-29-9-6-15(7-10-29)26-19-17(23)12-25-22-20(19)27-21(28-22)14-2-4-16(5-3-14)30-11-8-24-18(31)13-30/h2-5,12,15H,6-11,13H2,1H3,(H,24,31)(H2,25,26,27,28). The van der Waals surface area contributed by atoms with Gasteiger partial charge in [-0.25, -0.2) is 9.97 Å². The van der Waals surface area contributed by atoms with E-state index in [-0.39, 0.29) is 5.91 Å². The summed E-state index contributed by atoms with van der Waals surface area (Å²) in [5.41, 5.74) is 4.31. The quantitative estimate of drug-likeness (QED) is 0.579. The molecule has 1 aromatic carbocycles. The van der Waals surface area contributed by atoms with Crippen LogP contribution in [0, 0.1) is 0 Å². The fraction of sp³-hybridized carbons (Fsp3) is 0.409. The second-order valence-corrected chi connectivity index (χ2v) is 8.71. The van der Waals surface area contributed by atoms with Crippen LogP contribution in [0.15, 0.2) is 30.5 Å². The van der Waals surface area contributed by atoms with Crippen LogP contribution in [0.4, 0.5) is 11.4 Å². The molecule has 0 aliphatic carbocycles. The predicted molar refractivity (Wildman–Crippen MR) is 124 cm³/mol. The molecule has 0 atom stereocenters. The Morgan fingerprint density at radius 1 is 1.16 bits per heavy atom. The van der Waals surface area contributed by atoms with E-state index in [1.807, 2.05) is 24.3 Å². The van der Waals surface area contributed by atoms with Crippen LogP contribution < -0.4 is 15.5 Å². The van der Waals surface area contributed by atoms with Crippen LogP contribution in [0.2, 0.25) is 5.02 Å². The Morgan fingerprint density at radius 2 is 1.94 bits per heavy atom. The highest BCUT2D eigenvalue weighted by Gasteiger charge is 2.21. The molecule has 2 aliphatic heterocycles. The van der Waals surface area contributed by atoms with Gasteiger partial charge in [-0.1, -0.05) is 11.6 Å². The number of amides is 1. The minimum absolute atomic E-state index is 0.0557. The van der Waals surface area contributed by atoms with E-state index in [4.69, 9.17) is 16.6 Å². The number of H-pyrrole nitrogens is 1. The third-order valence-corrected chi connectivity index (χ3v) is 6.37. The molecule has 4 heterocycles. The Kier molecular flexibility index (Phi) is 5.41. The average molecular weight is 440 g/mol. The number of pyridine rings is 1. The topological polar surface area (TPSA) is 89.2 Å². The number of piperidine rings is 1. The number of rotatable bonds is 4. The van der Waals surface area contributed by atoms with Crippen molar-refractivity contribution in [2.75, 3.05) is 50.0 Å². The van der Waals surface area contributed by atoms with Gasteiger partial charge < -0.3 is 25.4 Å². The summed E-state index contributed by atoms with van der Waals surface area (Å²) in [4.78, 5) is 28.7. The summed E-state index contributed by atoms with van der Waals surface area (Å²) in [5.74, 6) is 0.805. The Hall–Kier alpha value is -2.84. The van der Waals surface area contributed by atoms with Gasteiger partial charge >= 0.3 is 0 Å². The molecule has 5 rings (SSSR count). The van der Waals surface area contributed by atoms with Crippen LogP contribution >= 0.6 is 11.6 Å².